The van der Waals surface area contributed by atoms with E-state index >= 15 is 0 Å². The van der Waals surface area contributed by atoms with Crippen molar-refractivity contribution in [2.75, 3.05) is 6.61 Å². The van der Waals surface area contributed by atoms with Crippen LogP contribution in [0, 0.1) is 0 Å². The highest BCUT2D eigenvalue weighted by molar-refractivity contribution is 5.62. The van der Waals surface area contributed by atoms with E-state index in [2.05, 4.69) is 4.98 Å². The third kappa shape index (κ3) is 2.55. The topological polar surface area (TPSA) is 33.1 Å². The second-order valence-corrected chi connectivity index (χ2v) is 3.42. The highest BCUT2D eigenvalue weighted by Gasteiger charge is 1.96. The van der Waals surface area contributed by atoms with Crippen LogP contribution in [0.15, 0.2) is 54.7 Å². The van der Waals surface area contributed by atoms with Gasteiger partial charge in [-0.1, -0.05) is 42.5 Å². The second kappa shape index (κ2) is 5.24. The number of hydrogen-bond donors (Lipinski definition) is 1. The predicted molar refractivity (Wildman–Crippen MR) is 65.8 cm³/mol. The van der Waals surface area contributed by atoms with Crippen molar-refractivity contribution in [3.8, 4) is 11.3 Å². The molecular weight excluding hydrogens is 198 g/mol. The number of hydrogen-bond acceptors (Lipinski definition) is 2. The van der Waals surface area contributed by atoms with Gasteiger partial charge < -0.3 is 5.11 Å². The first-order chi connectivity index (χ1) is 7.90. The summed E-state index contributed by atoms with van der Waals surface area (Å²) < 4.78 is 0. The van der Waals surface area contributed by atoms with E-state index in [1.807, 2.05) is 48.5 Å². The van der Waals surface area contributed by atoms with E-state index in [0.29, 0.717) is 0 Å². The van der Waals surface area contributed by atoms with E-state index in [4.69, 9.17) is 5.11 Å². The molecule has 1 N–H and O–H groups in total. The molecule has 0 atom stereocenters. The Kier molecular flexibility index (Phi) is 3.46. The van der Waals surface area contributed by atoms with E-state index in [0.717, 1.165) is 16.8 Å². The van der Waals surface area contributed by atoms with E-state index < -0.39 is 0 Å². The number of rotatable bonds is 3. The SMILES string of the molecule is OC/C=C/c1ccc(-c2ccccn2)cc1. The van der Waals surface area contributed by atoms with Crippen LogP contribution in [0.4, 0.5) is 0 Å². The predicted octanol–water partition coefficient (Wildman–Crippen LogP) is 2.75. The van der Waals surface area contributed by atoms with Crippen molar-refractivity contribution in [1.82, 2.24) is 4.98 Å². The molecule has 80 valence electrons. The molecule has 0 fully saturated rings. The van der Waals surface area contributed by atoms with Crippen LogP contribution in [0.25, 0.3) is 17.3 Å². The Morgan fingerprint density at radius 3 is 2.50 bits per heavy atom. The van der Waals surface area contributed by atoms with Crippen molar-refractivity contribution in [3.05, 3.63) is 60.3 Å². The standard InChI is InChI=1S/C14H13NO/c16-11-3-4-12-6-8-13(9-7-12)14-5-1-2-10-15-14/h1-10,16H,11H2/b4-3+. The van der Waals surface area contributed by atoms with E-state index in [-0.39, 0.29) is 6.61 Å². The molecule has 2 heteroatoms. The first-order valence-electron chi connectivity index (χ1n) is 5.19. The lowest BCUT2D eigenvalue weighted by molar-refractivity contribution is 0.343. The summed E-state index contributed by atoms with van der Waals surface area (Å²) in [5.41, 5.74) is 3.15. The molecule has 0 aliphatic rings. The largest absolute Gasteiger partial charge is 0.392 e. The minimum atomic E-state index is 0.0714. The maximum Gasteiger partial charge on any atom is 0.0701 e. The Hall–Kier alpha value is -1.93. The number of benzene rings is 1. The zero-order valence-corrected chi connectivity index (χ0v) is 8.88. The molecule has 16 heavy (non-hydrogen) atoms. The maximum absolute atomic E-state index is 8.66. The third-order valence-corrected chi connectivity index (χ3v) is 2.29. The van der Waals surface area contributed by atoms with Crippen molar-refractivity contribution in [1.29, 1.82) is 0 Å². The van der Waals surface area contributed by atoms with Gasteiger partial charge in [0.05, 0.1) is 12.3 Å². The maximum atomic E-state index is 8.66. The molecule has 0 aliphatic carbocycles. The molecule has 0 unspecified atom stereocenters. The summed E-state index contributed by atoms with van der Waals surface area (Å²) in [6.07, 6.45) is 5.40. The van der Waals surface area contributed by atoms with Gasteiger partial charge in [-0.05, 0) is 17.7 Å². The average molecular weight is 211 g/mol. The summed E-state index contributed by atoms with van der Waals surface area (Å²) in [4.78, 5) is 4.28. The summed E-state index contributed by atoms with van der Waals surface area (Å²) in [6.45, 7) is 0.0714. The Morgan fingerprint density at radius 2 is 1.88 bits per heavy atom. The molecule has 0 radical (unpaired) electrons. The third-order valence-electron chi connectivity index (χ3n) is 2.29. The van der Waals surface area contributed by atoms with Gasteiger partial charge in [-0.25, -0.2) is 0 Å². The van der Waals surface area contributed by atoms with Crippen LogP contribution in [0.5, 0.6) is 0 Å². The highest BCUT2D eigenvalue weighted by atomic mass is 16.2. The van der Waals surface area contributed by atoms with Gasteiger partial charge in [0.1, 0.15) is 0 Å². The minimum absolute atomic E-state index is 0.0714. The lowest BCUT2D eigenvalue weighted by Crippen LogP contribution is -1.82. The fraction of sp³-hybridized carbons (Fsp3) is 0.0714. The van der Waals surface area contributed by atoms with Gasteiger partial charge in [-0.15, -0.1) is 0 Å². The zero-order valence-electron chi connectivity index (χ0n) is 8.88. The van der Waals surface area contributed by atoms with Gasteiger partial charge in [-0.2, -0.15) is 0 Å². The second-order valence-electron chi connectivity index (χ2n) is 3.42. The van der Waals surface area contributed by atoms with Crippen molar-refractivity contribution >= 4 is 6.08 Å². The van der Waals surface area contributed by atoms with Crippen molar-refractivity contribution < 1.29 is 5.11 Å². The molecule has 0 bridgehead atoms. The van der Waals surface area contributed by atoms with Gasteiger partial charge in [-0.3, -0.25) is 4.98 Å². The minimum Gasteiger partial charge on any atom is -0.392 e. The highest BCUT2D eigenvalue weighted by Crippen LogP contribution is 2.17. The summed E-state index contributed by atoms with van der Waals surface area (Å²) in [5, 5.41) is 8.66. The molecule has 1 aromatic carbocycles. The Labute approximate surface area is 94.9 Å². The van der Waals surface area contributed by atoms with Crippen LogP contribution >= 0.6 is 0 Å². The molecule has 2 rings (SSSR count). The number of nitrogens with zero attached hydrogens (tertiary/aromatic N) is 1. The molecule has 0 saturated heterocycles. The fourth-order valence-electron chi connectivity index (χ4n) is 1.49. The van der Waals surface area contributed by atoms with Crippen molar-refractivity contribution in [2.45, 2.75) is 0 Å². The Bertz CT molecular complexity index is 460. The number of aliphatic hydroxyl groups excluding tert-OH is 1. The van der Waals surface area contributed by atoms with Gasteiger partial charge in [0.15, 0.2) is 0 Å². The lowest BCUT2D eigenvalue weighted by atomic mass is 10.1. The Morgan fingerprint density at radius 1 is 1.06 bits per heavy atom. The van der Waals surface area contributed by atoms with E-state index in [1.165, 1.54) is 0 Å². The van der Waals surface area contributed by atoms with Gasteiger partial charge in [0.25, 0.3) is 0 Å². The van der Waals surface area contributed by atoms with Crippen LogP contribution in [0.1, 0.15) is 5.56 Å². The van der Waals surface area contributed by atoms with E-state index in [1.54, 1.807) is 12.3 Å². The summed E-state index contributed by atoms with van der Waals surface area (Å²) >= 11 is 0. The van der Waals surface area contributed by atoms with Crippen molar-refractivity contribution in [2.24, 2.45) is 0 Å². The molecule has 2 nitrogen and oxygen atoms in total. The fourth-order valence-corrected chi connectivity index (χ4v) is 1.49. The molecule has 2 aromatic rings. The van der Waals surface area contributed by atoms with Gasteiger partial charge in [0.2, 0.25) is 0 Å². The molecular formula is C14H13NO. The van der Waals surface area contributed by atoms with Gasteiger partial charge in [0, 0.05) is 11.8 Å². The number of pyridine rings is 1. The molecule has 1 heterocycles. The number of aliphatic hydroxyl groups is 1. The Balaban J connectivity index is 2.23. The molecule has 0 amide bonds. The normalized spacial score (nSPS) is 10.8. The van der Waals surface area contributed by atoms with Gasteiger partial charge >= 0.3 is 0 Å². The van der Waals surface area contributed by atoms with Crippen LogP contribution in [-0.2, 0) is 0 Å². The molecule has 1 aromatic heterocycles. The quantitative estimate of drug-likeness (QED) is 0.846. The first-order valence-corrected chi connectivity index (χ1v) is 5.19. The van der Waals surface area contributed by atoms with Crippen LogP contribution in [-0.4, -0.2) is 16.7 Å². The summed E-state index contributed by atoms with van der Waals surface area (Å²) in [6, 6.07) is 13.9. The molecule has 0 saturated carbocycles. The summed E-state index contributed by atoms with van der Waals surface area (Å²) in [7, 11) is 0. The number of aromatic nitrogens is 1. The lowest BCUT2D eigenvalue weighted by Gasteiger charge is -2.00. The van der Waals surface area contributed by atoms with Crippen molar-refractivity contribution in [3.63, 3.8) is 0 Å². The van der Waals surface area contributed by atoms with Crippen LogP contribution in [0.2, 0.25) is 0 Å². The summed E-state index contributed by atoms with van der Waals surface area (Å²) in [5.74, 6) is 0. The monoisotopic (exact) mass is 211 g/mol. The smallest absolute Gasteiger partial charge is 0.0701 e. The average Bonchev–Trinajstić information content (AvgIpc) is 2.38. The van der Waals surface area contributed by atoms with Crippen LogP contribution < -0.4 is 0 Å². The zero-order chi connectivity index (χ0) is 11.2. The molecule has 0 spiro atoms. The molecule has 0 aliphatic heterocycles. The van der Waals surface area contributed by atoms with E-state index in [9.17, 15) is 0 Å². The first kappa shape index (κ1) is 10.6. The van der Waals surface area contributed by atoms with Crippen LogP contribution in [0.3, 0.4) is 0 Å².